The van der Waals surface area contributed by atoms with Crippen LogP contribution in [0, 0.1) is 0 Å². The molecule has 0 aliphatic rings. The van der Waals surface area contributed by atoms with Gasteiger partial charge in [0.05, 0.1) is 0 Å². The summed E-state index contributed by atoms with van der Waals surface area (Å²) in [5, 5.41) is 9.60. The second kappa shape index (κ2) is 5.15. The molecular formula is C6H9O3. The van der Waals surface area contributed by atoms with Gasteiger partial charge in [-0.3, -0.25) is 0 Å². The van der Waals surface area contributed by atoms with Crippen LogP contribution in [0.2, 0.25) is 0 Å². The van der Waals surface area contributed by atoms with Crippen molar-refractivity contribution in [2.45, 2.75) is 13.3 Å². The molecule has 3 heteroatoms. The molecule has 0 aromatic heterocycles. The van der Waals surface area contributed by atoms with Gasteiger partial charge in [-0.05, 0) is 6.42 Å². The summed E-state index contributed by atoms with van der Waals surface area (Å²) in [7, 11) is 0. The number of ether oxygens (including phenoxy) is 1. The lowest BCUT2D eigenvalue weighted by Gasteiger charge is -1.88. The van der Waals surface area contributed by atoms with Crippen molar-refractivity contribution in [3.05, 3.63) is 12.2 Å². The largest absolute Gasteiger partial charge is 0.550 e. The standard InChI is InChI=1S/C6H9O3/c1-2-3-4-5-9-6(7)8/h3-4H,2,5H2,1H3. The predicted octanol–water partition coefficient (Wildman–Crippen LogP) is 1.52. The van der Waals surface area contributed by atoms with Gasteiger partial charge in [0.25, 0.3) is 0 Å². The van der Waals surface area contributed by atoms with Crippen molar-refractivity contribution in [2.24, 2.45) is 0 Å². The molecule has 0 aliphatic carbocycles. The molecule has 0 saturated heterocycles. The Morgan fingerprint density at radius 1 is 1.56 bits per heavy atom. The minimum Gasteiger partial charge on any atom is -0.428 e. The van der Waals surface area contributed by atoms with Crippen molar-refractivity contribution in [1.29, 1.82) is 0 Å². The second-order valence-corrected chi connectivity index (χ2v) is 1.44. The van der Waals surface area contributed by atoms with E-state index in [0.717, 1.165) is 6.42 Å². The van der Waals surface area contributed by atoms with E-state index >= 15 is 0 Å². The monoisotopic (exact) mass is 129 g/mol. The van der Waals surface area contributed by atoms with Gasteiger partial charge in [-0.25, -0.2) is 0 Å². The first-order valence-corrected chi connectivity index (χ1v) is 2.76. The molecular weight excluding hydrogens is 120 g/mol. The Labute approximate surface area is 53.9 Å². The van der Waals surface area contributed by atoms with Gasteiger partial charge in [-0.1, -0.05) is 19.1 Å². The number of hydrogen-bond acceptors (Lipinski definition) is 2. The third-order valence-electron chi connectivity index (χ3n) is 0.700. The molecule has 9 heavy (non-hydrogen) atoms. The highest BCUT2D eigenvalue weighted by Gasteiger charge is 1.93. The van der Waals surface area contributed by atoms with Gasteiger partial charge >= 0.3 is 6.16 Å². The van der Waals surface area contributed by atoms with Gasteiger partial charge in [-0.2, -0.15) is 9.90 Å². The van der Waals surface area contributed by atoms with Crippen LogP contribution in [0.3, 0.4) is 0 Å². The van der Waals surface area contributed by atoms with E-state index in [9.17, 15) is 9.90 Å². The Balaban J connectivity index is 3.09. The predicted molar refractivity (Wildman–Crippen MR) is 31.5 cm³/mol. The van der Waals surface area contributed by atoms with Crippen molar-refractivity contribution in [1.82, 2.24) is 0 Å². The Kier molecular flexibility index (Phi) is 4.59. The minimum absolute atomic E-state index is 0.0934. The van der Waals surface area contributed by atoms with E-state index in [1.165, 1.54) is 0 Å². The maximum absolute atomic E-state index is 9.60. The van der Waals surface area contributed by atoms with Crippen molar-refractivity contribution < 1.29 is 14.6 Å². The van der Waals surface area contributed by atoms with Crippen LogP contribution in [0.15, 0.2) is 12.2 Å². The topological polar surface area (TPSA) is 46.2 Å². The van der Waals surface area contributed by atoms with E-state index in [1.807, 2.05) is 13.0 Å². The van der Waals surface area contributed by atoms with Gasteiger partial charge in [-0.15, -0.1) is 0 Å². The minimum atomic E-state index is -1.48. The fraction of sp³-hybridized carbons (Fsp3) is 0.500. The molecule has 0 aromatic rings. The van der Waals surface area contributed by atoms with E-state index in [1.54, 1.807) is 6.08 Å². The van der Waals surface area contributed by atoms with E-state index in [4.69, 9.17) is 0 Å². The molecule has 0 aromatic carbocycles. The number of carbonyl (C=O) groups excluding carboxylic acids is 1. The van der Waals surface area contributed by atoms with Gasteiger partial charge < -0.3 is 4.74 Å². The number of hydrogen-bond donors (Lipinski definition) is 0. The Morgan fingerprint density at radius 2 is 2.22 bits per heavy atom. The molecule has 0 bridgehead atoms. The number of allylic oxidation sites excluding steroid dienone is 1. The quantitative estimate of drug-likeness (QED) is 0.428. The van der Waals surface area contributed by atoms with E-state index in [-0.39, 0.29) is 6.61 Å². The number of rotatable bonds is 3. The molecule has 0 spiro atoms. The summed E-state index contributed by atoms with van der Waals surface area (Å²) in [6, 6.07) is 0. The fourth-order valence-electron chi connectivity index (χ4n) is 0.351. The molecule has 0 atom stereocenters. The van der Waals surface area contributed by atoms with Crippen LogP contribution in [0.5, 0.6) is 0 Å². The van der Waals surface area contributed by atoms with Crippen LogP contribution >= 0.6 is 0 Å². The lowest BCUT2D eigenvalue weighted by Crippen LogP contribution is -1.96. The smallest absolute Gasteiger partial charge is 0.428 e. The van der Waals surface area contributed by atoms with Crippen molar-refractivity contribution in [3.63, 3.8) is 0 Å². The molecule has 0 unspecified atom stereocenters. The van der Waals surface area contributed by atoms with Crippen LogP contribution in [0.25, 0.3) is 0 Å². The maximum Gasteiger partial charge on any atom is 0.550 e. The fourth-order valence-corrected chi connectivity index (χ4v) is 0.351. The van der Waals surface area contributed by atoms with E-state index < -0.39 is 6.16 Å². The first kappa shape index (κ1) is 8.01. The van der Waals surface area contributed by atoms with Crippen molar-refractivity contribution in [3.8, 4) is 0 Å². The first-order valence-electron chi connectivity index (χ1n) is 2.76. The average Bonchev–Trinajstić information content (AvgIpc) is 1.80. The zero-order chi connectivity index (χ0) is 7.11. The summed E-state index contributed by atoms with van der Waals surface area (Å²) in [6.07, 6.45) is 2.87. The van der Waals surface area contributed by atoms with Gasteiger partial charge in [0.2, 0.25) is 0 Å². The summed E-state index contributed by atoms with van der Waals surface area (Å²) < 4.78 is 4.06. The van der Waals surface area contributed by atoms with Gasteiger partial charge in [0.15, 0.2) is 0 Å². The van der Waals surface area contributed by atoms with Gasteiger partial charge in [0, 0.05) is 0 Å². The highest BCUT2D eigenvalue weighted by Crippen LogP contribution is 1.81. The maximum atomic E-state index is 9.60. The third kappa shape index (κ3) is 7.01. The molecule has 0 aliphatic heterocycles. The molecule has 51 valence electrons. The van der Waals surface area contributed by atoms with Crippen LogP contribution in [0.4, 0.5) is 4.79 Å². The Morgan fingerprint density at radius 3 is 2.67 bits per heavy atom. The van der Waals surface area contributed by atoms with E-state index in [2.05, 4.69) is 4.74 Å². The summed E-state index contributed by atoms with van der Waals surface area (Å²) in [5.41, 5.74) is 0. The Hall–Kier alpha value is -0.990. The molecule has 0 heterocycles. The highest BCUT2D eigenvalue weighted by molar-refractivity contribution is 5.56. The van der Waals surface area contributed by atoms with Gasteiger partial charge in [0.1, 0.15) is 6.61 Å². The SMILES string of the molecule is CCC=CCOC([O])=O. The van der Waals surface area contributed by atoms with Crippen molar-refractivity contribution >= 4 is 6.16 Å². The first-order chi connectivity index (χ1) is 4.27. The molecule has 0 N–H and O–H groups in total. The van der Waals surface area contributed by atoms with Crippen LogP contribution in [-0.4, -0.2) is 12.8 Å². The molecule has 0 amide bonds. The summed E-state index contributed by atoms with van der Waals surface area (Å²) >= 11 is 0. The zero-order valence-electron chi connectivity index (χ0n) is 5.29. The second-order valence-electron chi connectivity index (χ2n) is 1.44. The number of carbonyl (C=O) groups is 1. The summed E-state index contributed by atoms with van der Waals surface area (Å²) in [6.45, 7) is 2.05. The lowest BCUT2D eigenvalue weighted by atomic mass is 10.4. The van der Waals surface area contributed by atoms with E-state index in [0.29, 0.717) is 0 Å². The lowest BCUT2D eigenvalue weighted by molar-refractivity contribution is 0.0769. The molecule has 0 rings (SSSR count). The normalized spacial score (nSPS) is 9.89. The molecule has 0 fully saturated rings. The molecule has 0 saturated carbocycles. The zero-order valence-corrected chi connectivity index (χ0v) is 5.29. The summed E-state index contributed by atoms with van der Waals surface area (Å²) in [5.74, 6) is 0. The van der Waals surface area contributed by atoms with Crippen LogP contribution < -0.4 is 0 Å². The molecule has 1 radical (unpaired) electrons. The van der Waals surface area contributed by atoms with Crippen LogP contribution in [0.1, 0.15) is 13.3 Å². The van der Waals surface area contributed by atoms with Crippen molar-refractivity contribution in [2.75, 3.05) is 6.61 Å². The average molecular weight is 129 g/mol. The van der Waals surface area contributed by atoms with Crippen LogP contribution in [-0.2, 0) is 9.84 Å². The highest BCUT2D eigenvalue weighted by atomic mass is 16.7. The Bertz CT molecular complexity index is 107. The third-order valence-corrected chi connectivity index (χ3v) is 0.700. The summed E-state index contributed by atoms with van der Waals surface area (Å²) in [4.78, 5) is 9.60. The molecule has 3 nitrogen and oxygen atoms in total.